The van der Waals surface area contributed by atoms with Crippen LogP contribution in [0.1, 0.15) is 0 Å². The molecule has 0 aliphatic heterocycles. The summed E-state index contributed by atoms with van der Waals surface area (Å²) in [4.78, 5) is 31.0. The quantitative estimate of drug-likeness (QED) is 0.287. The molecule has 3 aromatic rings. The first-order valence-electron chi connectivity index (χ1n) is 8.84. The van der Waals surface area contributed by atoms with Gasteiger partial charge in [0.05, 0.1) is 28.4 Å². The van der Waals surface area contributed by atoms with Gasteiger partial charge in [-0.2, -0.15) is 25.3 Å². The predicted octanol–water partition coefficient (Wildman–Crippen LogP) is 1.81. The minimum absolute atomic E-state index is 0.266. The maximum atomic E-state index is 12.0. The highest BCUT2D eigenvalue weighted by Gasteiger charge is 2.25. The van der Waals surface area contributed by atoms with E-state index >= 15 is 0 Å². The van der Waals surface area contributed by atoms with Crippen molar-refractivity contribution in [3.8, 4) is 0 Å². The van der Waals surface area contributed by atoms with E-state index < -0.39 is 52.7 Å². The Labute approximate surface area is 194 Å². The molecule has 0 saturated heterocycles. The zero-order valence-electron chi connectivity index (χ0n) is 16.6. The first-order valence-corrected chi connectivity index (χ1v) is 14.5. The van der Waals surface area contributed by atoms with Crippen LogP contribution in [0.4, 0.5) is 0 Å². The molecule has 0 aromatic heterocycles. The van der Waals surface area contributed by atoms with E-state index in [4.69, 9.17) is 0 Å². The van der Waals surface area contributed by atoms with E-state index in [1.165, 1.54) is 36.4 Å². The maximum Gasteiger partial charge on any atom is 0.316 e. The average Bonchev–Trinajstić information content (AvgIpc) is 2.85. The van der Waals surface area contributed by atoms with Gasteiger partial charge in [0, 0.05) is 0 Å². The van der Waals surface area contributed by atoms with Crippen molar-refractivity contribution in [3.63, 3.8) is 0 Å². The topological polar surface area (TPSA) is 191 Å². The number of rotatable bonds is 9. The fourth-order valence-corrected chi connectivity index (χ4v) is 7.43. The first kappa shape index (κ1) is 25.4. The van der Waals surface area contributed by atoms with Gasteiger partial charge in [-0.15, -0.1) is 14.7 Å². The van der Waals surface area contributed by atoms with Crippen molar-refractivity contribution in [2.24, 2.45) is 13.7 Å². The second kappa shape index (κ2) is 9.54. The molecule has 34 heavy (non-hydrogen) atoms. The largest absolute Gasteiger partial charge is 0.316 e. The summed E-state index contributed by atoms with van der Waals surface area (Å²) in [7, 11) is -15.4. The molecule has 0 radical (unpaired) electrons. The summed E-state index contributed by atoms with van der Waals surface area (Å²) in [6.45, 7) is 0. The lowest BCUT2D eigenvalue weighted by Crippen LogP contribution is -2.22. The Morgan fingerprint density at radius 1 is 0.471 bits per heavy atom. The van der Waals surface area contributed by atoms with Gasteiger partial charge in [-0.25, -0.2) is 0 Å². The van der Waals surface area contributed by atoms with E-state index in [2.05, 4.69) is 13.7 Å². The Morgan fingerprint density at radius 3 is 0.971 bits per heavy atom. The number of sulfonamides is 3. The van der Waals surface area contributed by atoms with E-state index in [1.807, 2.05) is 0 Å². The lowest BCUT2D eigenvalue weighted by molar-refractivity contribution is 0.596. The minimum Gasteiger partial charge on any atom is -0.196 e. The van der Waals surface area contributed by atoms with Gasteiger partial charge in [-0.1, -0.05) is 36.4 Å². The van der Waals surface area contributed by atoms with Gasteiger partial charge >= 0.3 is 30.1 Å². The van der Waals surface area contributed by atoms with Gasteiger partial charge in [-0.05, 0) is 60.2 Å². The average molecular weight is 541 g/mol. The van der Waals surface area contributed by atoms with Crippen LogP contribution in [0.5, 0.6) is 0 Å². The second-order valence-corrected chi connectivity index (χ2v) is 13.4. The zero-order chi connectivity index (χ0) is 25.1. The van der Waals surface area contributed by atoms with Gasteiger partial charge in [0.15, 0.2) is 0 Å². The molecule has 3 aromatic carbocycles. The van der Waals surface area contributed by atoms with Crippen molar-refractivity contribution in [1.82, 2.24) is 0 Å². The Kier molecular flexibility index (Phi) is 7.12. The van der Waals surface area contributed by atoms with Crippen molar-refractivity contribution in [2.75, 3.05) is 0 Å². The molecule has 0 bridgehead atoms. The van der Waals surface area contributed by atoms with Crippen LogP contribution in [0.3, 0.4) is 0 Å². The summed E-state index contributed by atoms with van der Waals surface area (Å²) in [5, 5.41) is 0.797. The van der Waals surface area contributed by atoms with E-state index in [9.17, 15) is 40.0 Å². The molecule has 0 spiro atoms. The minimum atomic E-state index is -4.51. The predicted molar refractivity (Wildman–Crippen MR) is 124 cm³/mol. The molecule has 0 aliphatic carbocycles. The van der Waals surface area contributed by atoms with Crippen LogP contribution in [-0.2, 0) is 30.1 Å². The Bertz CT molecular complexity index is 1430. The fraction of sp³-hybridized carbons (Fsp3) is 0. The van der Waals surface area contributed by atoms with Crippen LogP contribution in [0, 0.1) is 14.7 Å². The van der Waals surface area contributed by atoms with Crippen molar-refractivity contribution < 1.29 is 25.3 Å². The number of nitroso groups, excluding NO2 is 3. The molecule has 0 amide bonds. The SMILES string of the molecule is O=NS(=O)(=O)c1cccc(P(c2cccc(S(=O)(=O)N=O)c2)c2cccc(S(=O)(=O)N=O)c2)c1. The standard InChI is InChI=1S/C18H12N3O9PS3/c22-19-32(25,26)16-7-1-4-13(10-16)31(14-5-2-8-17(11-14)33(27,28)20-23)15-6-3-9-18(12-15)34(29,30)21-24/h1-12H. The molecule has 0 heterocycles. The maximum absolute atomic E-state index is 12.0. The molecular weight excluding hydrogens is 529 g/mol. The number of nitrogens with zero attached hydrogens (tertiary/aromatic N) is 3. The van der Waals surface area contributed by atoms with Crippen LogP contribution in [0.25, 0.3) is 0 Å². The van der Waals surface area contributed by atoms with E-state index in [0.29, 0.717) is 0 Å². The van der Waals surface area contributed by atoms with Crippen molar-refractivity contribution in [1.29, 1.82) is 0 Å². The summed E-state index contributed by atoms with van der Waals surface area (Å²) in [6.07, 6.45) is 0. The molecule has 0 aliphatic rings. The summed E-state index contributed by atoms with van der Waals surface area (Å²) in [5.41, 5.74) is 0. The summed E-state index contributed by atoms with van der Waals surface area (Å²) in [6, 6.07) is 15.2. The highest BCUT2D eigenvalue weighted by atomic mass is 32.2. The molecule has 0 unspecified atom stereocenters. The van der Waals surface area contributed by atoms with Gasteiger partial charge in [0.1, 0.15) is 0 Å². The fourth-order valence-electron chi connectivity index (χ4n) is 2.93. The molecule has 12 nitrogen and oxygen atoms in total. The van der Waals surface area contributed by atoms with Crippen molar-refractivity contribution in [3.05, 3.63) is 87.5 Å². The van der Waals surface area contributed by atoms with E-state index in [0.717, 1.165) is 36.4 Å². The number of benzene rings is 3. The second-order valence-electron chi connectivity index (χ2n) is 6.48. The van der Waals surface area contributed by atoms with Gasteiger partial charge in [-0.3, -0.25) is 0 Å². The summed E-state index contributed by atoms with van der Waals surface area (Å²) in [5.74, 6) is 0. The lowest BCUT2D eigenvalue weighted by Gasteiger charge is -2.20. The van der Waals surface area contributed by atoms with Crippen molar-refractivity contribution >= 4 is 53.9 Å². The number of hydrogen-bond acceptors (Lipinski definition) is 9. The Morgan fingerprint density at radius 2 is 0.735 bits per heavy atom. The molecule has 0 atom stereocenters. The highest BCUT2D eigenvalue weighted by Crippen LogP contribution is 2.35. The zero-order valence-corrected chi connectivity index (χ0v) is 20.0. The van der Waals surface area contributed by atoms with Gasteiger partial charge in [0.25, 0.3) is 0 Å². The monoisotopic (exact) mass is 541 g/mol. The van der Waals surface area contributed by atoms with Crippen LogP contribution < -0.4 is 15.9 Å². The highest BCUT2D eigenvalue weighted by molar-refractivity contribution is 7.90. The summed E-state index contributed by atoms with van der Waals surface area (Å²) >= 11 is 0. The third-order valence-corrected chi connectivity index (χ3v) is 9.94. The molecule has 0 N–H and O–H groups in total. The third-order valence-electron chi connectivity index (χ3n) is 4.42. The molecule has 3 rings (SSSR count). The van der Waals surface area contributed by atoms with E-state index in [1.54, 1.807) is 0 Å². The smallest absolute Gasteiger partial charge is 0.196 e. The summed E-state index contributed by atoms with van der Waals surface area (Å²) < 4.78 is 78.2. The van der Waals surface area contributed by atoms with E-state index in [-0.39, 0.29) is 15.9 Å². The Hall–Kier alpha value is -3.26. The molecule has 0 saturated carbocycles. The van der Waals surface area contributed by atoms with Gasteiger partial charge < -0.3 is 0 Å². The number of hydrogen-bond donors (Lipinski definition) is 0. The molecular formula is C18H12N3O9PS3. The van der Waals surface area contributed by atoms with Crippen LogP contribution >= 0.6 is 7.92 Å². The van der Waals surface area contributed by atoms with Crippen molar-refractivity contribution in [2.45, 2.75) is 14.7 Å². The normalized spacial score (nSPS) is 12.3. The Balaban J connectivity index is 2.34. The lowest BCUT2D eigenvalue weighted by atomic mass is 10.3. The van der Waals surface area contributed by atoms with Gasteiger partial charge in [0.2, 0.25) is 0 Å². The molecule has 16 heteroatoms. The van der Waals surface area contributed by atoms with Crippen LogP contribution in [0.15, 0.2) is 101 Å². The molecule has 0 fully saturated rings. The molecule has 176 valence electrons. The third kappa shape index (κ3) is 5.12. The van der Waals surface area contributed by atoms with Crippen LogP contribution in [0.2, 0.25) is 0 Å². The first-order chi connectivity index (χ1) is 15.9. The van der Waals surface area contributed by atoms with Crippen LogP contribution in [-0.4, -0.2) is 25.3 Å².